The van der Waals surface area contributed by atoms with Crippen molar-refractivity contribution in [3.63, 3.8) is 0 Å². The molecule has 1 heterocycles. The van der Waals surface area contributed by atoms with E-state index < -0.39 is 17.8 Å². The van der Waals surface area contributed by atoms with Crippen molar-refractivity contribution in [1.29, 1.82) is 10.7 Å². The van der Waals surface area contributed by atoms with E-state index in [9.17, 15) is 10.1 Å². The van der Waals surface area contributed by atoms with E-state index >= 15 is 0 Å². The van der Waals surface area contributed by atoms with Gasteiger partial charge in [0.05, 0.1) is 25.4 Å². The Hall–Kier alpha value is -2.81. The lowest BCUT2D eigenvalue weighted by atomic mass is 9.78. The molecule has 1 aromatic carbocycles. The molecule has 2 rings (SSSR count). The smallest absolute Gasteiger partial charge is 0.338 e. The number of carbonyl (C=O) groups is 1. The van der Waals surface area contributed by atoms with Crippen molar-refractivity contribution in [2.75, 3.05) is 13.7 Å². The fraction of sp³-hybridized carbons (Fsp3) is 0.353. The fourth-order valence-corrected chi connectivity index (χ4v) is 2.60. The zero-order valence-electron chi connectivity index (χ0n) is 13.3. The Bertz CT molecular complexity index is 686. The van der Waals surface area contributed by atoms with E-state index in [2.05, 4.69) is 6.07 Å². The first-order valence-corrected chi connectivity index (χ1v) is 7.21. The molecule has 0 saturated carbocycles. The van der Waals surface area contributed by atoms with Gasteiger partial charge in [-0.25, -0.2) is 4.79 Å². The second-order valence-corrected chi connectivity index (χ2v) is 5.01. The van der Waals surface area contributed by atoms with Crippen LogP contribution in [0.4, 0.5) is 0 Å². The van der Waals surface area contributed by atoms with Crippen molar-refractivity contribution in [2.45, 2.75) is 19.8 Å². The summed E-state index contributed by atoms with van der Waals surface area (Å²) in [5.41, 5.74) is 1.01. The van der Waals surface area contributed by atoms with Crippen molar-refractivity contribution in [1.82, 2.24) is 0 Å². The van der Waals surface area contributed by atoms with Gasteiger partial charge in [0.2, 0.25) is 5.90 Å². The highest BCUT2D eigenvalue weighted by atomic mass is 16.5. The molecule has 0 spiro atoms. The summed E-state index contributed by atoms with van der Waals surface area (Å²) >= 11 is 0. The van der Waals surface area contributed by atoms with E-state index in [1.54, 1.807) is 45.2 Å². The van der Waals surface area contributed by atoms with Gasteiger partial charge in [0, 0.05) is 5.92 Å². The van der Waals surface area contributed by atoms with Crippen molar-refractivity contribution < 1.29 is 19.0 Å². The molecule has 0 amide bonds. The third-order valence-corrected chi connectivity index (χ3v) is 3.68. The Kier molecular flexibility index (Phi) is 5.02. The van der Waals surface area contributed by atoms with Gasteiger partial charge in [-0.3, -0.25) is 5.41 Å². The first-order valence-electron chi connectivity index (χ1n) is 7.21. The second-order valence-electron chi connectivity index (χ2n) is 5.01. The second kappa shape index (κ2) is 6.97. The summed E-state index contributed by atoms with van der Waals surface area (Å²) < 4.78 is 15.5. The molecule has 6 heteroatoms. The SMILES string of the molecule is CCOC(=O)C1=C(C)OC(=N)C(C#N)C1c1ccc(OC)cc1. The zero-order valence-corrected chi connectivity index (χ0v) is 13.3. The van der Waals surface area contributed by atoms with Crippen molar-refractivity contribution in [2.24, 2.45) is 5.92 Å². The van der Waals surface area contributed by atoms with Crippen molar-refractivity contribution in [3.8, 4) is 11.8 Å². The third-order valence-electron chi connectivity index (χ3n) is 3.68. The van der Waals surface area contributed by atoms with Crippen LogP contribution in [-0.4, -0.2) is 25.6 Å². The molecular weight excluding hydrogens is 296 g/mol. The molecule has 0 radical (unpaired) electrons. The molecular formula is C17H18N2O4. The van der Waals surface area contributed by atoms with Gasteiger partial charge >= 0.3 is 5.97 Å². The first kappa shape index (κ1) is 16.6. The van der Waals surface area contributed by atoms with Crippen LogP contribution in [0, 0.1) is 22.7 Å². The molecule has 1 aromatic rings. The summed E-state index contributed by atoms with van der Waals surface area (Å²) in [6.45, 7) is 3.54. The number of esters is 1. The monoisotopic (exact) mass is 314 g/mol. The van der Waals surface area contributed by atoms with E-state index in [1.165, 1.54) is 0 Å². The summed E-state index contributed by atoms with van der Waals surface area (Å²) in [5, 5.41) is 17.4. The van der Waals surface area contributed by atoms with Crippen LogP contribution < -0.4 is 4.74 Å². The maximum Gasteiger partial charge on any atom is 0.338 e. The predicted octanol–water partition coefficient (Wildman–Crippen LogP) is 2.76. The number of nitrogens with zero attached hydrogens (tertiary/aromatic N) is 1. The number of hydrogen-bond acceptors (Lipinski definition) is 6. The average molecular weight is 314 g/mol. The highest BCUT2D eigenvalue weighted by Gasteiger charge is 2.41. The number of nitriles is 1. The number of carbonyl (C=O) groups excluding carboxylic acids is 1. The number of allylic oxidation sites excluding steroid dienone is 1. The maximum absolute atomic E-state index is 12.3. The normalized spacial score (nSPS) is 20.5. The Labute approximate surface area is 134 Å². The van der Waals surface area contributed by atoms with Gasteiger partial charge in [0.15, 0.2) is 0 Å². The largest absolute Gasteiger partial charge is 0.497 e. The van der Waals surface area contributed by atoms with E-state index in [-0.39, 0.29) is 18.1 Å². The fourth-order valence-electron chi connectivity index (χ4n) is 2.60. The Morgan fingerprint density at radius 1 is 1.39 bits per heavy atom. The van der Waals surface area contributed by atoms with Gasteiger partial charge in [-0.05, 0) is 31.5 Å². The predicted molar refractivity (Wildman–Crippen MR) is 83.0 cm³/mol. The highest BCUT2D eigenvalue weighted by Crippen LogP contribution is 2.40. The molecule has 120 valence electrons. The van der Waals surface area contributed by atoms with Gasteiger partial charge in [0.25, 0.3) is 0 Å². The van der Waals surface area contributed by atoms with Gasteiger partial charge in [-0.15, -0.1) is 0 Å². The lowest BCUT2D eigenvalue weighted by Gasteiger charge is -2.30. The lowest BCUT2D eigenvalue weighted by molar-refractivity contribution is -0.139. The third kappa shape index (κ3) is 3.19. The van der Waals surface area contributed by atoms with E-state index in [0.29, 0.717) is 11.5 Å². The number of methoxy groups -OCH3 is 1. The summed E-state index contributed by atoms with van der Waals surface area (Å²) in [4.78, 5) is 12.3. The lowest BCUT2D eigenvalue weighted by Crippen LogP contribution is -2.33. The van der Waals surface area contributed by atoms with Gasteiger partial charge in [0.1, 0.15) is 17.4 Å². The molecule has 2 atom stereocenters. The Balaban J connectivity index is 2.54. The quantitative estimate of drug-likeness (QED) is 0.863. The molecule has 1 N–H and O–H groups in total. The van der Waals surface area contributed by atoms with Crippen LogP contribution in [0.1, 0.15) is 25.3 Å². The van der Waals surface area contributed by atoms with E-state index in [1.807, 2.05) is 0 Å². The summed E-state index contributed by atoms with van der Waals surface area (Å²) in [6, 6.07) is 9.11. The Morgan fingerprint density at radius 2 is 2.04 bits per heavy atom. The molecule has 2 unspecified atom stereocenters. The topological polar surface area (TPSA) is 92.4 Å². The molecule has 0 saturated heterocycles. The molecule has 0 aromatic heterocycles. The van der Waals surface area contributed by atoms with Crippen LogP contribution in [0.25, 0.3) is 0 Å². The minimum Gasteiger partial charge on any atom is -0.497 e. The molecule has 1 aliphatic rings. The molecule has 1 aliphatic heterocycles. The van der Waals surface area contributed by atoms with E-state index in [0.717, 1.165) is 5.56 Å². The van der Waals surface area contributed by atoms with Crippen LogP contribution >= 0.6 is 0 Å². The van der Waals surface area contributed by atoms with E-state index in [4.69, 9.17) is 19.6 Å². The molecule has 23 heavy (non-hydrogen) atoms. The van der Waals surface area contributed by atoms with Gasteiger partial charge in [-0.2, -0.15) is 5.26 Å². The number of hydrogen-bond donors (Lipinski definition) is 1. The molecule has 0 bridgehead atoms. The standard InChI is InChI=1S/C17H18N2O4/c1-4-22-17(20)14-10(2)23-16(19)13(9-18)15(14)11-5-7-12(21-3)8-6-11/h5-8,13,15,19H,4H2,1-3H3. The van der Waals surface area contributed by atoms with Gasteiger partial charge < -0.3 is 14.2 Å². The van der Waals surface area contributed by atoms with Gasteiger partial charge in [-0.1, -0.05) is 12.1 Å². The summed E-state index contributed by atoms with van der Waals surface area (Å²) in [7, 11) is 1.56. The van der Waals surface area contributed by atoms with Crippen LogP contribution in [0.5, 0.6) is 5.75 Å². The average Bonchev–Trinajstić information content (AvgIpc) is 2.54. The van der Waals surface area contributed by atoms with Crippen LogP contribution in [0.2, 0.25) is 0 Å². The zero-order chi connectivity index (χ0) is 17.0. The maximum atomic E-state index is 12.3. The number of benzene rings is 1. The molecule has 0 aliphatic carbocycles. The number of nitrogens with one attached hydrogen (secondary N) is 1. The first-order chi connectivity index (χ1) is 11.0. The van der Waals surface area contributed by atoms with Crippen LogP contribution in [0.3, 0.4) is 0 Å². The summed E-state index contributed by atoms with van der Waals surface area (Å²) in [6.07, 6.45) is 0. The highest BCUT2D eigenvalue weighted by molar-refractivity contribution is 5.95. The minimum atomic E-state index is -0.883. The Morgan fingerprint density at radius 3 is 2.57 bits per heavy atom. The molecule has 0 fully saturated rings. The van der Waals surface area contributed by atoms with Crippen molar-refractivity contribution in [3.05, 3.63) is 41.2 Å². The van der Waals surface area contributed by atoms with Crippen LogP contribution in [-0.2, 0) is 14.3 Å². The number of rotatable bonds is 4. The van der Waals surface area contributed by atoms with Crippen LogP contribution in [0.15, 0.2) is 35.6 Å². The minimum absolute atomic E-state index is 0.168. The number of ether oxygens (including phenoxy) is 3. The summed E-state index contributed by atoms with van der Waals surface area (Å²) in [5.74, 6) is -1.22. The molecule has 6 nitrogen and oxygen atoms in total. The van der Waals surface area contributed by atoms with Crippen molar-refractivity contribution >= 4 is 11.9 Å².